The van der Waals surface area contributed by atoms with Crippen LogP contribution in [0.1, 0.15) is 0 Å². The second-order valence-corrected chi connectivity index (χ2v) is 6.85. The van der Waals surface area contributed by atoms with E-state index in [1.165, 1.54) is 0 Å². The lowest BCUT2D eigenvalue weighted by Gasteiger charge is -2.17. The minimum absolute atomic E-state index is 0.0678. The fraction of sp³-hybridized carbons (Fsp3) is 0.227. The van der Waals surface area contributed by atoms with Crippen LogP contribution in [0.3, 0.4) is 0 Å². The number of methoxy groups -OCH3 is 1. The summed E-state index contributed by atoms with van der Waals surface area (Å²) in [5, 5.41) is 5.03. The van der Waals surface area contributed by atoms with Crippen LogP contribution in [-0.4, -0.2) is 37.2 Å². The highest BCUT2D eigenvalue weighted by Crippen LogP contribution is 2.31. The fourth-order valence-electron chi connectivity index (χ4n) is 3.59. The maximum Gasteiger partial charge on any atom is 0.258 e. The van der Waals surface area contributed by atoms with E-state index in [9.17, 15) is 4.79 Å². The number of aromatic nitrogens is 1. The Labute approximate surface area is 152 Å². The van der Waals surface area contributed by atoms with E-state index in [0.29, 0.717) is 6.54 Å². The van der Waals surface area contributed by atoms with Crippen molar-refractivity contribution in [2.75, 3.05) is 27.7 Å². The molecule has 0 bridgehead atoms. The van der Waals surface area contributed by atoms with Crippen molar-refractivity contribution in [2.45, 2.75) is 6.54 Å². The molecule has 0 amide bonds. The lowest BCUT2D eigenvalue weighted by Crippen LogP contribution is -2.27. The quantitative estimate of drug-likeness (QED) is 0.526. The number of rotatable bonds is 4. The molecule has 0 aliphatic carbocycles. The van der Waals surface area contributed by atoms with E-state index < -0.39 is 0 Å². The topological polar surface area (TPSA) is 34.5 Å². The molecule has 4 aromatic rings. The Hall–Kier alpha value is -2.85. The van der Waals surface area contributed by atoms with Crippen LogP contribution in [0.25, 0.3) is 32.4 Å². The van der Waals surface area contributed by atoms with Crippen molar-refractivity contribution >= 4 is 32.4 Å². The molecule has 1 heterocycles. The molecule has 0 atom stereocenters. The highest BCUT2D eigenvalue weighted by atomic mass is 16.5. The van der Waals surface area contributed by atoms with Crippen LogP contribution in [-0.2, 0) is 6.54 Å². The van der Waals surface area contributed by atoms with Crippen LogP contribution in [0.4, 0.5) is 0 Å². The second kappa shape index (κ2) is 6.46. The van der Waals surface area contributed by atoms with Crippen LogP contribution >= 0.6 is 0 Å². The summed E-state index contributed by atoms with van der Waals surface area (Å²) >= 11 is 0. The van der Waals surface area contributed by atoms with Crippen molar-refractivity contribution in [3.8, 4) is 5.75 Å². The monoisotopic (exact) mass is 346 g/mol. The largest absolute Gasteiger partial charge is 0.497 e. The van der Waals surface area contributed by atoms with Gasteiger partial charge in [-0.2, -0.15) is 0 Å². The summed E-state index contributed by atoms with van der Waals surface area (Å²) in [6, 6.07) is 18.1. The number of pyridine rings is 1. The number of nitrogens with zero attached hydrogens (tertiary/aromatic N) is 2. The first-order chi connectivity index (χ1) is 12.6. The van der Waals surface area contributed by atoms with Crippen LogP contribution in [0, 0.1) is 0 Å². The molecular weight excluding hydrogens is 324 g/mol. The second-order valence-electron chi connectivity index (χ2n) is 6.85. The number of likely N-dealkylation sites (N-methyl/N-ethyl adjacent to an activating group) is 1. The summed E-state index contributed by atoms with van der Waals surface area (Å²) in [5.41, 5.74) is 1.06. The predicted octanol–water partition coefficient (Wildman–Crippen LogP) is 3.88. The molecule has 0 unspecified atom stereocenters. The van der Waals surface area contributed by atoms with Gasteiger partial charge in [0.1, 0.15) is 5.75 Å². The van der Waals surface area contributed by atoms with Crippen molar-refractivity contribution in [1.29, 1.82) is 0 Å². The van der Waals surface area contributed by atoms with Gasteiger partial charge in [0.05, 0.1) is 12.6 Å². The molecule has 4 heteroatoms. The number of hydrogen-bond donors (Lipinski definition) is 0. The van der Waals surface area contributed by atoms with Gasteiger partial charge in [-0.25, -0.2) is 0 Å². The Kier molecular flexibility index (Phi) is 4.13. The summed E-state index contributed by atoms with van der Waals surface area (Å²) in [4.78, 5) is 15.3. The first kappa shape index (κ1) is 16.6. The lowest BCUT2D eigenvalue weighted by molar-refractivity contribution is 0.385. The molecule has 26 heavy (non-hydrogen) atoms. The van der Waals surface area contributed by atoms with Gasteiger partial charge in [0, 0.05) is 29.2 Å². The standard InChI is InChI=1S/C22H22N2O2/c1-23(2)12-13-24-21-17-11-9-16(26-3)14-15(17)8-10-19(21)18-6-4-5-7-20(18)22(24)25/h4-11,14H,12-13H2,1-3H3. The van der Waals surface area contributed by atoms with E-state index in [1.807, 2.05) is 55.1 Å². The van der Waals surface area contributed by atoms with Gasteiger partial charge in [0.2, 0.25) is 0 Å². The Morgan fingerprint density at radius 2 is 1.65 bits per heavy atom. The minimum Gasteiger partial charge on any atom is -0.497 e. The van der Waals surface area contributed by atoms with Gasteiger partial charge in [-0.15, -0.1) is 0 Å². The molecule has 0 aliphatic heterocycles. The Morgan fingerprint density at radius 3 is 2.38 bits per heavy atom. The zero-order valence-electron chi connectivity index (χ0n) is 15.3. The van der Waals surface area contributed by atoms with Gasteiger partial charge in [-0.05, 0) is 49.1 Å². The van der Waals surface area contributed by atoms with E-state index >= 15 is 0 Å². The normalized spacial score (nSPS) is 11.7. The van der Waals surface area contributed by atoms with Crippen molar-refractivity contribution in [2.24, 2.45) is 0 Å². The van der Waals surface area contributed by atoms with Crippen LogP contribution in [0.5, 0.6) is 5.75 Å². The van der Waals surface area contributed by atoms with Crippen molar-refractivity contribution in [3.05, 3.63) is 65.0 Å². The van der Waals surface area contributed by atoms with E-state index in [0.717, 1.165) is 44.7 Å². The summed E-state index contributed by atoms with van der Waals surface area (Å²) in [6.07, 6.45) is 0. The molecule has 132 valence electrons. The maximum atomic E-state index is 13.2. The van der Waals surface area contributed by atoms with Crippen LogP contribution in [0.15, 0.2) is 59.4 Å². The minimum atomic E-state index is 0.0678. The molecule has 0 N–H and O–H groups in total. The van der Waals surface area contributed by atoms with E-state index in [1.54, 1.807) is 7.11 Å². The van der Waals surface area contributed by atoms with Crippen molar-refractivity contribution in [3.63, 3.8) is 0 Å². The van der Waals surface area contributed by atoms with Gasteiger partial charge in [0.25, 0.3) is 5.56 Å². The highest BCUT2D eigenvalue weighted by molar-refractivity contribution is 6.15. The molecule has 0 saturated carbocycles. The van der Waals surface area contributed by atoms with Crippen molar-refractivity contribution in [1.82, 2.24) is 9.47 Å². The summed E-state index contributed by atoms with van der Waals surface area (Å²) < 4.78 is 7.29. The molecule has 0 radical (unpaired) electrons. The van der Waals surface area contributed by atoms with Crippen LogP contribution < -0.4 is 10.3 Å². The van der Waals surface area contributed by atoms with E-state index in [4.69, 9.17) is 4.74 Å². The number of fused-ring (bicyclic) bond motifs is 5. The predicted molar refractivity (Wildman–Crippen MR) is 108 cm³/mol. The zero-order chi connectivity index (χ0) is 18.3. The summed E-state index contributed by atoms with van der Waals surface area (Å²) in [7, 11) is 5.72. The van der Waals surface area contributed by atoms with Gasteiger partial charge in [-0.1, -0.05) is 30.3 Å². The number of benzene rings is 3. The molecule has 0 saturated heterocycles. The smallest absolute Gasteiger partial charge is 0.258 e. The highest BCUT2D eigenvalue weighted by Gasteiger charge is 2.13. The summed E-state index contributed by atoms with van der Waals surface area (Å²) in [6.45, 7) is 1.46. The molecule has 1 aromatic heterocycles. The van der Waals surface area contributed by atoms with Gasteiger partial charge in [0.15, 0.2) is 0 Å². The lowest BCUT2D eigenvalue weighted by atomic mass is 10.0. The average Bonchev–Trinajstić information content (AvgIpc) is 2.67. The van der Waals surface area contributed by atoms with Crippen molar-refractivity contribution < 1.29 is 4.74 Å². The number of hydrogen-bond acceptors (Lipinski definition) is 3. The van der Waals surface area contributed by atoms with E-state index in [-0.39, 0.29) is 5.56 Å². The number of ether oxygens (including phenoxy) is 1. The maximum absolute atomic E-state index is 13.2. The third kappa shape index (κ3) is 2.63. The fourth-order valence-corrected chi connectivity index (χ4v) is 3.59. The Morgan fingerprint density at radius 1 is 0.923 bits per heavy atom. The third-order valence-corrected chi connectivity index (χ3v) is 4.93. The molecule has 3 aromatic carbocycles. The van der Waals surface area contributed by atoms with Gasteiger partial charge >= 0.3 is 0 Å². The SMILES string of the molecule is COc1ccc2c(ccc3c4ccccc4c(=O)n(CCN(C)C)c23)c1. The molecule has 0 aliphatic rings. The summed E-state index contributed by atoms with van der Waals surface area (Å²) in [5.74, 6) is 0.819. The molecule has 0 fully saturated rings. The van der Waals surface area contributed by atoms with Crippen LogP contribution in [0.2, 0.25) is 0 Å². The van der Waals surface area contributed by atoms with E-state index in [2.05, 4.69) is 23.1 Å². The first-order valence-corrected chi connectivity index (χ1v) is 8.77. The molecular formula is C22H22N2O2. The first-order valence-electron chi connectivity index (χ1n) is 8.77. The average molecular weight is 346 g/mol. The Bertz CT molecular complexity index is 1180. The zero-order valence-corrected chi connectivity index (χ0v) is 15.3. The molecule has 4 rings (SSSR count). The van der Waals surface area contributed by atoms with Gasteiger partial charge < -0.3 is 14.2 Å². The van der Waals surface area contributed by atoms with Gasteiger partial charge in [-0.3, -0.25) is 4.79 Å². The molecule has 0 spiro atoms. The molecule has 4 nitrogen and oxygen atoms in total. The Balaban J connectivity index is 2.16. The third-order valence-electron chi connectivity index (χ3n) is 4.93.